The quantitative estimate of drug-likeness (QED) is 0.652. The Labute approximate surface area is 147 Å². The van der Waals surface area contributed by atoms with Gasteiger partial charge >= 0.3 is 5.97 Å². The molecule has 7 nitrogen and oxygen atoms in total. The molecule has 0 aliphatic heterocycles. The minimum atomic E-state index is -0.620. The first-order chi connectivity index (χ1) is 12.5. The van der Waals surface area contributed by atoms with E-state index in [1.165, 1.54) is 44.6 Å². The molecule has 0 saturated carbocycles. The zero-order valence-corrected chi connectivity index (χ0v) is 14.1. The number of carbonyl (C=O) groups excluding carboxylic acids is 1. The van der Waals surface area contributed by atoms with Gasteiger partial charge in [0.2, 0.25) is 5.76 Å². The Hall–Kier alpha value is -3.42. The van der Waals surface area contributed by atoms with Crippen LogP contribution in [0.3, 0.4) is 0 Å². The van der Waals surface area contributed by atoms with Crippen LogP contribution in [0.15, 0.2) is 51.7 Å². The van der Waals surface area contributed by atoms with Crippen LogP contribution in [0.2, 0.25) is 0 Å². The Bertz CT molecular complexity index is 1010. The van der Waals surface area contributed by atoms with Gasteiger partial charge in [-0.3, -0.25) is 4.79 Å². The minimum absolute atomic E-state index is 0.0125. The van der Waals surface area contributed by atoms with Gasteiger partial charge in [-0.1, -0.05) is 0 Å². The number of esters is 1. The van der Waals surface area contributed by atoms with Gasteiger partial charge in [-0.25, -0.2) is 13.9 Å². The number of benzene rings is 1. The van der Waals surface area contributed by atoms with Crippen molar-refractivity contribution >= 4 is 5.97 Å². The zero-order valence-electron chi connectivity index (χ0n) is 14.1. The van der Waals surface area contributed by atoms with Crippen molar-refractivity contribution in [1.82, 2.24) is 9.78 Å². The van der Waals surface area contributed by atoms with Gasteiger partial charge in [0.15, 0.2) is 0 Å². The number of aromatic nitrogens is 2. The van der Waals surface area contributed by atoms with Crippen LogP contribution in [0.25, 0.3) is 11.3 Å². The second kappa shape index (κ2) is 7.22. The summed E-state index contributed by atoms with van der Waals surface area (Å²) in [4.78, 5) is 23.5. The SMILES string of the molecule is COC(=O)c1ccc(Cn2nc(-c3ccc(OC)cc3F)ccc2=O)o1. The van der Waals surface area contributed by atoms with Crippen molar-refractivity contribution in [2.45, 2.75) is 6.54 Å². The predicted octanol–water partition coefficient (Wildman–Crippen LogP) is 2.49. The van der Waals surface area contributed by atoms with Gasteiger partial charge in [0.1, 0.15) is 23.9 Å². The highest BCUT2D eigenvalue weighted by atomic mass is 19.1. The fourth-order valence-electron chi connectivity index (χ4n) is 2.36. The monoisotopic (exact) mass is 358 g/mol. The molecule has 3 rings (SSSR count). The van der Waals surface area contributed by atoms with Crippen LogP contribution in [0.5, 0.6) is 5.75 Å². The van der Waals surface area contributed by atoms with E-state index in [1.807, 2.05) is 0 Å². The van der Waals surface area contributed by atoms with Crippen molar-refractivity contribution in [3.8, 4) is 17.0 Å². The van der Waals surface area contributed by atoms with Gasteiger partial charge in [-0.15, -0.1) is 0 Å². The third-order valence-corrected chi connectivity index (χ3v) is 3.67. The number of nitrogens with zero attached hydrogens (tertiary/aromatic N) is 2. The summed E-state index contributed by atoms with van der Waals surface area (Å²) in [5.41, 5.74) is 0.123. The molecule has 1 aromatic carbocycles. The molecule has 0 radical (unpaired) electrons. The maximum absolute atomic E-state index is 14.2. The molecule has 8 heteroatoms. The van der Waals surface area contributed by atoms with Crippen LogP contribution < -0.4 is 10.3 Å². The number of hydrogen-bond acceptors (Lipinski definition) is 6. The smallest absolute Gasteiger partial charge is 0.373 e. The van der Waals surface area contributed by atoms with E-state index in [1.54, 1.807) is 12.1 Å². The highest BCUT2D eigenvalue weighted by molar-refractivity contribution is 5.86. The molecule has 0 spiro atoms. The molecular formula is C18H15FN2O5. The van der Waals surface area contributed by atoms with Crippen molar-refractivity contribution in [2.24, 2.45) is 0 Å². The van der Waals surface area contributed by atoms with E-state index in [2.05, 4.69) is 9.84 Å². The Kier molecular flexibility index (Phi) is 4.83. The lowest BCUT2D eigenvalue weighted by Gasteiger charge is -2.08. The molecular weight excluding hydrogens is 343 g/mol. The van der Waals surface area contributed by atoms with Gasteiger partial charge in [0, 0.05) is 17.7 Å². The lowest BCUT2D eigenvalue weighted by Crippen LogP contribution is -2.22. The van der Waals surface area contributed by atoms with E-state index in [4.69, 9.17) is 9.15 Å². The largest absolute Gasteiger partial charge is 0.497 e. The first kappa shape index (κ1) is 17.4. The molecule has 0 saturated heterocycles. The summed E-state index contributed by atoms with van der Waals surface area (Å²) in [5, 5.41) is 4.18. The number of ether oxygens (including phenoxy) is 2. The van der Waals surface area contributed by atoms with E-state index in [9.17, 15) is 14.0 Å². The summed E-state index contributed by atoms with van der Waals surface area (Å²) >= 11 is 0. The van der Waals surface area contributed by atoms with Crippen LogP contribution in [0.4, 0.5) is 4.39 Å². The van der Waals surface area contributed by atoms with Crippen molar-refractivity contribution in [3.63, 3.8) is 0 Å². The maximum atomic E-state index is 14.2. The van der Waals surface area contributed by atoms with E-state index in [0.29, 0.717) is 11.5 Å². The maximum Gasteiger partial charge on any atom is 0.373 e. The van der Waals surface area contributed by atoms with Crippen molar-refractivity contribution < 1.29 is 23.1 Å². The second-order valence-electron chi connectivity index (χ2n) is 5.32. The third-order valence-electron chi connectivity index (χ3n) is 3.67. The second-order valence-corrected chi connectivity index (χ2v) is 5.32. The van der Waals surface area contributed by atoms with Gasteiger partial charge < -0.3 is 13.9 Å². The van der Waals surface area contributed by atoms with Gasteiger partial charge in [-0.2, -0.15) is 5.10 Å². The molecule has 0 aliphatic carbocycles. The lowest BCUT2D eigenvalue weighted by molar-refractivity contribution is 0.0562. The molecule has 0 unspecified atom stereocenters. The molecule has 0 bridgehead atoms. The number of furan rings is 1. The standard InChI is InChI=1S/C18H15FN2O5/c1-24-11-3-5-13(14(19)9-11)15-6-8-17(22)21(20-15)10-12-4-7-16(26-12)18(23)25-2/h3-9H,10H2,1-2H3. The Morgan fingerprint density at radius 3 is 2.69 bits per heavy atom. The predicted molar refractivity (Wildman–Crippen MR) is 89.6 cm³/mol. The third kappa shape index (κ3) is 3.49. The Balaban J connectivity index is 1.92. The first-order valence-electron chi connectivity index (χ1n) is 7.61. The molecule has 2 aromatic heterocycles. The molecule has 3 aromatic rings. The molecule has 0 aliphatic rings. The zero-order chi connectivity index (χ0) is 18.7. The summed E-state index contributed by atoms with van der Waals surface area (Å²) < 4.78 is 30.2. The Morgan fingerprint density at radius 1 is 1.19 bits per heavy atom. The van der Waals surface area contributed by atoms with Gasteiger partial charge in [-0.05, 0) is 30.3 Å². The van der Waals surface area contributed by atoms with E-state index >= 15 is 0 Å². The number of methoxy groups -OCH3 is 2. The number of carbonyl (C=O) groups is 1. The first-order valence-corrected chi connectivity index (χ1v) is 7.61. The fraction of sp³-hybridized carbons (Fsp3) is 0.167. The van der Waals surface area contributed by atoms with Crippen molar-refractivity contribution in [2.75, 3.05) is 14.2 Å². The van der Waals surface area contributed by atoms with Gasteiger partial charge in [0.25, 0.3) is 5.56 Å². The molecule has 26 heavy (non-hydrogen) atoms. The van der Waals surface area contributed by atoms with E-state index < -0.39 is 17.3 Å². The van der Waals surface area contributed by atoms with Crippen molar-refractivity contribution in [1.29, 1.82) is 0 Å². The molecule has 0 amide bonds. The normalized spacial score (nSPS) is 10.6. The number of rotatable bonds is 5. The summed E-state index contributed by atoms with van der Waals surface area (Å²) in [6, 6.07) is 10.1. The minimum Gasteiger partial charge on any atom is -0.497 e. The molecule has 2 heterocycles. The van der Waals surface area contributed by atoms with Crippen LogP contribution in [-0.4, -0.2) is 30.0 Å². The molecule has 0 atom stereocenters. The average molecular weight is 358 g/mol. The average Bonchev–Trinajstić information content (AvgIpc) is 3.11. The topological polar surface area (TPSA) is 83.6 Å². The molecule has 0 fully saturated rings. The Morgan fingerprint density at radius 2 is 2.00 bits per heavy atom. The lowest BCUT2D eigenvalue weighted by atomic mass is 10.1. The molecule has 134 valence electrons. The fourth-order valence-corrected chi connectivity index (χ4v) is 2.36. The highest BCUT2D eigenvalue weighted by Crippen LogP contribution is 2.24. The van der Waals surface area contributed by atoms with Gasteiger partial charge in [0.05, 0.1) is 19.9 Å². The van der Waals surface area contributed by atoms with Crippen molar-refractivity contribution in [3.05, 3.63) is 70.2 Å². The van der Waals surface area contributed by atoms with Crippen LogP contribution in [0.1, 0.15) is 16.3 Å². The van der Waals surface area contributed by atoms with Crippen LogP contribution in [-0.2, 0) is 11.3 Å². The number of hydrogen-bond donors (Lipinski definition) is 0. The van der Waals surface area contributed by atoms with E-state index in [-0.39, 0.29) is 23.6 Å². The van der Waals surface area contributed by atoms with Crippen LogP contribution >= 0.6 is 0 Å². The molecule has 0 N–H and O–H groups in total. The number of halogens is 1. The summed E-state index contributed by atoms with van der Waals surface area (Å²) in [5.74, 6) is -0.399. The van der Waals surface area contributed by atoms with Crippen LogP contribution in [0, 0.1) is 5.82 Å². The summed E-state index contributed by atoms with van der Waals surface area (Å²) in [6.07, 6.45) is 0. The van der Waals surface area contributed by atoms with E-state index in [0.717, 1.165) is 4.68 Å². The summed E-state index contributed by atoms with van der Waals surface area (Å²) in [6.45, 7) is -0.0125. The highest BCUT2D eigenvalue weighted by Gasteiger charge is 2.14. The summed E-state index contributed by atoms with van der Waals surface area (Å²) in [7, 11) is 2.68.